The third-order valence-corrected chi connectivity index (χ3v) is 4.43. The highest BCUT2D eigenvalue weighted by Gasteiger charge is 2.44. The van der Waals surface area contributed by atoms with E-state index in [1.165, 1.54) is 0 Å². The van der Waals surface area contributed by atoms with Crippen LogP contribution in [0.1, 0.15) is 23.5 Å². The molecule has 1 aliphatic carbocycles. The molecule has 0 saturated heterocycles. The maximum absolute atomic E-state index is 12.3. The maximum atomic E-state index is 12.3. The van der Waals surface area contributed by atoms with Crippen LogP contribution in [0.15, 0.2) is 48.5 Å². The molecule has 2 unspecified atom stereocenters. The van der Waals surface area contributed by atoms with Crippen LogP contribution in [0.2, 0.25) is 0 Å². The average molecular weight is 309 g/mol. The van der Waals surface area contributed by atoms with Gasteiger partial charge in [0.25, 0.3) is 0 Å². The van der Waals surface area contributed by atoms with E-state index < -0.39 is 0 Å². The Bertz CT molecular complexity index is 714. The molecular formula is C19H19NO3. The van der Waals surface area contributed by atoms with Gasteiger partial charge < -0.3 is 14.8 Å². The fourth-order valence-corrected chi connectivity index (χ4v) is 3.06. The molecule has 23 heavy (non-hydrogen) atoms. The Kier molecular flexibility index (Phi) is 3.66. The fourth-order valence-electron chi connectivity index (χ4n) is 3.06. The average Bonchev–Trinajstić information content (AvgIpc) is 3.41. The zero-order valence-electron chi connectivity index (χ0n) is 12.8. The number of carbonyl (C=O) groups excluding carboxylic acids is 1. The highest BCUT2D eigenvalue weighted by Crippen LogP contribution is 2.49. The van der Waals surface area contributed by atoms with E-state index in [1.54, 1.807) is 0 Å². The summed E-state index contributed by atoms with van der Waals surface area (Å²) in [5.74, 6) is 2.09. The molecule has 0 aromatic heterocycles. The molecule has 2 atom stereocenters. The summed E-state index contributed by atoms with van der Waals surface area (Å²) in [6, 6.07) is 16.0. The zero-order chi connectivity index (χ0) is 15.6. The van der Waals surface area contributed by atoms with E-state index in [0.29, 0.717) is 25.7 Å². The van der Waals surface area contributed by atoms with Crippen molar-refractivity contribution in [3.63, 3.8) is 0 Å². The van der Waals surface area contributed by atoms with Gasteiger partial charge in [-0.05, 0) is 35.6 Å². The van der Waals surface area contributed by atoms with Crippen molar-refractivity contribution < 1.29 is 14.3 Å². The molecule has 2 aromatic rings. The van der Waals surface area contributed by atoms with Crippen molar-refractivity contribution >= 4 is 5.91 Å². The smallest absolute Gasteiger partial charge is 0.224 e. The van der Waals surface area contributed by atoms with Crippen molar-refractivity contribution in [2.75, 3.05) is 13.2 Å². The van der Waals surface area contributed by atoms with Crippen LogP contribution in [-0.4, -0.2) is 19.1 Å². The first-order valence-electron chi connectivity index (χ1n) is 8.02. The summed E-state index contributed by atoms with van der Waals surface area (Å²) in [6.07, 6.45) is 0.903. The standard InChI is InChI=1S/C19H19NO3/c21-19(20-12-13-4-2-1-3-5-13)16-11-15(16)14-6-7-17-18(10-14)23-9-8-22-17/h1-7,10,15-16H,8-9,11-12H2,(H,20,21). The van der Waals surface area contributed by atoms with E-state index >= 15 is 0 Å². The van der Waals surface area contributed by atoms with E-state index in [0.717, 1.165) is 29.0 Å². The molecule has 2 aromatic carbocycles. The first kappa shape index (κ1) is 14.1. The van der Waals surface area contributed by atoms with Crippen molar-refractivity contribution in [1.82, 2.24) is 5.32 Å². The lowest BCUT2D eigenvalue weighted by atomic mass is 10.1. The number of hydrogen-bond donors (Lipinski definition) is 1. The number of benzene rings is 2. The van der Waals surface area contributed by atoms with Crippen molar-refractivity contribution in [2.45, 2.75) is 18.9 Å². The van der Waals surface area contributed by atoms with Gasteiger partial charge in [0, 0.05) is 12.5 Å². The van der Waals surface area contributed by atoms with Crippen molar-refractivity contribution in [3.8, 4) is 11.5 Å². The van der Waals surface area contributed by atoms with Crippen molar-refractivity contribution in [2.24, 2.45) is 5.92 Å². The summed E-state index contributed by atoms with van der Waals surface area (Å²) in [5.41, 5.74) is 2.28. The Morgan fingerprint density at radius 3 is 2.65 bits per heavy atom. The summed E-state index contributed by atoms with van der Waals surface area (Å²) >= 11 is 0. The molecular weight excluding hydrogens is 290 g/mol. The Morgan fingerprint density at radius 2 is 1.83 bits per heavy atom. The first-order valence-corrected chi connectivity index (χ1v) is 8.02. The molecule has 0 radical (unpaired) electrons. The van der Waals surface area contributed by atoms with Gasteiger partial charge in [-0.15, -0.1) is 0 Å². The lowest BCUT2D eigenvalue weighted by molar-refractivity contribution is -0.122. The third kappa shape index (κ3) is 3.02. The number of fused-ring (bicyclic) bond motifs is 1. The molecule has 118 valence electrons. The second-order valence-electron chi connectivity index (χ2n) is 6.06. The molecule has 1 N–H and O–H groups in total. The van der Waals surface area contributed by atoms with E-state index in [2.05, 4.69) is 5.32 Å². The van der Waals surface area contributed by atoms with E-state index in [-0.39, 0.29) is 11.8 Å². The highest BCUT2D eigenvalue weighted by molar-refractivity contribution is 5.83. The maximum Gasteiger partial charge on any atom is 0.224 e. The van der Waals surface area contributed by atoms with Crippen molar-refractivity contribution in [3.05, 3.63) is 59.7 Å². The summed E-state index contributed by atoms with van der Waals surface area (Å²) in [6.45, 7) is 1.77. The second kappa shape index (κ2) is 5.95. The number of ether oxygens (including phenoxy) is 2. The topological polar surface area (TPSA) is 47.6 Å². The lowest BCUT2D eigenvalue weighted by Crippen LogP contribution is -2.24. The highest BCUT2D eigenvalue weighted by atomic mass is 16.6. The SMILES string of the molecule is O=C(NCc1ccccc1)C1CC1c1ccc2c(c1)OCCO2. The normalized spacial score (nSPS) is 21.6. The molecule has 1 amide bonds. The number of hydrogen-bond acceptors (Lipinski definition) is 3. The quantitative estimate of drug-likeness (QED) is 0.944. The van der Waals surface area contributed by atoms with Crippen LogP contribution in [0, 0.1) is 5.92 Å². The number of rotatable bonds is 4. The van der Waals surface area contributed by atoms with Crippen LogP contribution in [0.5, 0.6) is 11.5 Å². The Labute approximate surface area is 135 Å². The van der Waals surface area contributed by atoms with Crippen LogP contribution >= 0.6 is 0 Å². The molecule has 1 saturated carbocycles. The van der Waals surface area contributed by atoms with Gasteiger partial charge in [-0.3, -0.25) is 4.79 Å². The molecule has 2 aliphatic rings. The minimum Gasteiger partial charge on any atom is -0.486 e. The van der Waals surface area contributed by atoms with Crippen molar-refractivity contribution in [1.29, 1.82) is 0 Å². The largest absolute Gasteiger partial charge is 0.486 e. The van der Waals surface area contributed by atoms with E-state index in [4.69, 9.17) is 9.47 Å². The predicted molar refractivity (Wildman–Crippen MR) is 86.6 cm³/mol. The van der Waals surface area contributed by atoms with Gasteiger partial charge in [0.1, 0.15) is 13.2 Å². The minimum absolute atomic E-state index is 0.0706. The van der Waals surface area contributed by atoms with Crippen LogP contribution in [0.4, 0.5) is 0 Å². The van der Waals surface area contributed by atoms with Gasteiger partial charge in [0.05, 0.1) is 0 Å². The van der Waals surface area contributed by atoms with Crippen LogP contribution in [-0.2, 0) is 11.3 Å². The van der Waals surface area contributed by atoms with Gasteiger partial charge in [0.15, 0.2) is 11.5 Å². The molecule has 4 heteroatoms. The third-order valence-electron chi connectivity index (χ3n) is 4.43. The summed E-state index contributed by atoms with van der Waals surface area (Å²) in [5, 5.41) is 3.03. The van der Waals surface area contributed by atoms with E-state index in [1.807, 2.05) is 48.5 Å². The summed E-state index contributed by atoms with van der Waals surface area (Å²) < 4.78 is 11.2. The van der Waals surface area contributed by atoms with Gasteiger partial charge in [-0.2, -0.15) is 0 Å². The summed E-state index contributed by atoms with van der Waals surface area (Å²) in [4.78, 5) is 12.3. The molecule has 1 heterocycles. The fraction of sp³-hybridized carbons (Fsp3) is 0.316. The number of amides is 1. The summed E-state index contributed by atoms with van der Waals surface area (Å²) in [7, 11) is 0. The molecule has 1 fully saturated rings. The van der Waals surface area contributed by atoms with E-state index in [9.17, 15) is 4.79 Å². The van der Waals surface area contributed by atoms with Gasteiger partial charge in [-0.1, -0.05) is 36.4 Å². The number of nitrogens with one attached hydrogen (secondary N) is 1. The minimum atomic E-state index is 0.0706. The van der Waals surface area contributed by atoms with Gasteiger partial charge in [-0.25, -0.2) is 0 Å². The zero-order valence-corrected chi connectivity index (χ0v) is 12.8. The molecule has 0 bridgehead atoms. The molecule has 0 spiro atoms. The van der Waals surface area contributed by atoms with Gasteiger partial charge >= 0.3 is 0 Å². The molecule has 4 rings (SSSR count). The first-order chi connectivity index (χ1) is 11.3. The van der Waals surface area contributed by atoms with Crippen LogP contribution in [0.25, 0.3) is 0 Å². The van der Waals surface area contributed by atoms with Crippen LogP contribution in [0.3, 0.4) is 0 Å². The molecule has 4 nitrogen and oxygen atoms in total. The monoisotopic (exact) mass is 309 g/mol. The Hall–Kier alpha value is -2.49. The Morgan fingerprint density at radius 1 is 1.04 bits per heavy atom. The molecule has 1 aliphatic heterocycles. The van der Waals surface area contributed by atoms with Crippen LogP contribution < -0.4 is 14.8 Å². The predicted octanol–water partition coefficient (Wildman–Crippen LogP) is 2.88. The second-order valence-corrected chi connectivity index (χ2v) is 6.06. The van der Waals surface area contributed by atoms with Gasteiger partial charge in [0.2, 0.25) is 5.91 Å². The number of carbonyl (C=O) groups is 1. The Balaban J connectivity index is 1.37. The lowest BCUT2D eigenvalue weighted by Gasteiger charge is -2.18.